The predicted molar refractivity (Wildman–Crippen MR) is 108 cm³/mol. The van der Waals surface area contributed by atoms with E-state index in [4.69, 9.17) is 0 Å². The van der Waals surface area contributed by atoms with Gasteiger partial charge in [-0.2, -0.15) is 0 Å². The van der Waals surface area contributed by atoms with E-state index in [0.717, 1.165) is 43.8 Å². The summed E-state index contributed by atoms with van der Waals surface area (Å²) < 4.78 is 26.9. The lowest BCUT2D eigenvalue weighted by Gasteiger charge is -2.38. The number of nitrogens with one attached hydrogen (secondary N) is 2. The van der Waals surface area contributed by atoms with Crippen LogP contribution in [0.2, 0.25) is 0 Å². The molecule has 0 atom stereocenters. The van der Waals surface area contributed by atoms with Crippen LogP contribution >= 0.6 is 0 Å². The molecule has 0 saturated carbocycles. The Bertz CT molecular complexity index is 1010. The third-order valence-corrected chi connectivity index (χ3v) is 5.58. The summed E-state index contributed by atoms with van der Waals surface area (Å²) in [6.07, 6.45) is 3.82. The Balaban J connectivity index is 1.48. The number of aromatic nitrogens is 1. The van der Waals surface area contributed by atoms with Gasteiger partial charge < -0.3 is 15.2 Å². The highest BCUT2D eigenvalue weighted by Gasteiger charge is 2.25. The minimum Gasteiger partial charge on any atom is -0.371 e. The average molecular weight is 383 g/mol. The van der Waals surface area contributed by atoms with E-state index in [1.165, 1.54) is 6.20 Å². The van der Waals surface area contributed by atoms with Gasteiger partial charge in [0.05, 0.1) is 11.2 Å². The minimum absolute atomic E-state index is 0.294. The van der Waals surface area contributed by atoms with Crippen LogP contribution in [0.1, 0.15) is 37.0 Å². The summed E-state index contributed by atoms with van der Waals surface area (Å²) in [6.45, 7) is 6.61. The van der Waals surface area contributed by atoms with Crippen LogP contribution in [0.3, 0.4) is 0 Å². The molecule has 0 spiro atoms. The molecule has 2 aromatic carbocycles. The smallest absolute Gasteiger partial charge is 0.255 e. The number of anilines is 2. The summed E-state index contributed by atoms with van der Waals surface area (Å²) >= 11 is 0. The van der Waals surface area contributed by atoms with Crippen molar-refractivity contribution in [3.05, 3.63) is 59.8 Å². The highest BCUT2D eigenvalue weighted by Crippen LogP contribution is 2.32. The van der Waals surface area contributed by atoms with E-state index in [-0.39, 0.29) is 5.91 Å². The molecule has 6 heteroatoms. The van der Waals surface area contributed by atoms with Gasteiger partial charge in [-0.1, -0.05) is 13.8 Å². The first-order valence-electron chi connectivity index (χ1n) is 9.45. The average Bonchev–Trinajstić information content (AvgIpc) is 3.04. The van der Waals surface area contributed by atoms with Crippen LogP contribution in [-0.4, -0.2) is 24.0 Å². The number of amides is 1. The minimum atomic E-state index is -0.948. The van der Waals surface area contributed by atoms with Crippen LogP contribution in [0.5, 0.6) is 0 Å². The highest BCUT2D eigenvalue weighted by molar-refractivity contribution is 6.09. The number of carbonyl (C=O) groups excluding carboxylic acids is 1. The second-order valence-electron chi connectivity index (χ2n) is 8.17. The SMILES string of the molecule is CC1(C)CCN(c2ccc(C(=O)Nc3c[nH]c4cc(F)c(F)cc34)cc2)CC1. The normalized spacial score (nSPS) is 16.4. The van der Waals surface area contributed by atoms with E-state index in [2.05, 4.69) is 29.0 Å². The van der Waals surface area contributed by atoms with Crippen molar-refractivity contribution in [1.82, 2.24) is 4.98 Å². The van der Waals surface area contributed by atoms with Crippen molar-refractivity contribution < 1.29 is 13.6 Å². The van der Waals surface area contributed by atoms with Gasteiger partial charge in [0.1, 0.15) is 0 Å². The third-order valence-electron chi connectivity index (χ3n) is 5.58. The van der Waals surface area contributed by atoms with Crippen molar-refractivity contribution in [2.45, 2.75) is 26.7 Å². The Kier molecular flexibility index (Phi) is 4.57. The monoisotopic (exact) mass is 383 g/mol. The number of fused-ring (bicyclic) bond motifs is 1. The molecule has 1 aromatic heterocycles. The maximum atomic E-state index is 13.5. The van der Waals surface area contributed by atoms with Crippen LogP contribution in [0.4, 0.5) is 20.2 Å². The largest absolute Gasteiger partial charge is 0.371 e. The first-order chi connectivity index (χ1) is 13.3. The molecule has 1 saturated heterocycles. The maximum Gasteiger partial charge on any atom is 0.255 e. The number of rotatable bonds is 3. The topological polar surface area (TPSA) is 48.1 Å². The molecular weight excluding hydrogens is 360 g/mol. The zero-order valence-corrected chi connectivity index (χ0v) is 16.0. The van der Waals surface area contributed by atoms with Gasteiger partial charge in [-0.25, -0.2) is 8.78 Å². The van der Waals surface area contributed by atoms with E-state index < -0.39 is 11.6 Å². The van der Waals surface area contributed by atoms with E-state index in [1.807, 2.05) is 12.1 Å². The summed E-state index contributed by atoms with van der Waals surface area (Å²) in [7, 11) is 0. The molecule has 2 heterocycles. The van der Waals surface area contributed by atoms with Crippen molar-refractivity contribution in [1.29, 1.82) is 0 Å². The molecule has 2 N–H and O–H groups in total. The lowest BCUT2D eigenvalue weighted by molar-refractivity contribution is 0.102. The molecule has 0 unspecified atom stereocenters. The lowest BCUT2D eigenvalue weighted by atomic mass is 9.82. The summed E-state index contributed by atoms with van der Waals surface area (Å²) in [5.74, 6) is -2.17. The van der Waals surface area contributed by atoms with Crippen molar-refractivity contribution in [2.75, 3.05) is 23.3 Å². The molecule has 1 amide bonds. The van der Waals surface area contributed by atoms with Crippen LogP contribution < -0.4 is 10.2 Å². The number of nitrogens with zero attached hydrogens (tertiary/aromatic N) is 1. The Morgan fingerprint density at radius 3 is 2.39 bits per heavy atom. The summed E-state index contributed by atoms with van der Waals surface area (Å²) in [5, 5.41) is 3.20. The molecule has 1 aliphatic rings. The Labute approximate surface area is 162 Å². The van der Waals surface area contributed by atoms with Gasteiger partial charge in [-0.15, -0.1) is 0 Å². The molecule has 1 aliphatic heterocycles. The van der Waals surface area contributed by atoms with Crippen molar-refractivity contribution in [3.8, 4) is 0 Å². The van der Waals surface area contributed by atoms with Crippen molar-refractivity contribution in [3.63, 3.8) is 0 Å². The second-order valence-corrected chi connectivity index (χ2v) is 8.17. The molecule has 0 aliphatic carbocycles. The summed E-state index contributed by atoms with van der Waals surface area (Å²) in [4.78, 5) is 17.8. The van der Waals surface area contributed by atoms with Gasteiger partial charge >= 0.3 is 0 Å². The van der Waals surface area contributed by atoms with Crippen molar-refractivity contribution >= 4 is 28.2 Å². The van der Waals surface area contributed by atoms with Crippen LogP contribution in [0, 0.1) is 17.0 Å². The fraction of sp³-hybridized carbons (Fsp3) is 0.318. The number of benzene rings is 2. The van der Waals surface area contributed by atoms with Crippen LogP contribution in [0.15, 0.2) is 42.6 Å². The Morgan fingerprint density at radius 1 is 1.07 bits per heavy atom. The van der Waals surface area contributed by atoms with E-state index >= 15 is 0 Å². The molecule has 1 fully saturated rings. The van der Waals surface area contributed by atoms with E-state index in [1.54, 1.807) is 12.1 Å². The van der Waals surface area contributed by atoms with E-state index in [0.29, 0.717) is 27.6 Å². The van der Waals surface area contributed by atoms with E-state index in [9.17, 15) is 13.6 Å². The standard InChI is InChI=1S/C22H23F2N3O/c1-22(2)7-9-27(10-8-22)15-5-3-14(4-6-15)21(28)26-20-13-25-19-12-18(24)17(23)11-16(19)20/h3-6,11-13,25H,7-10H2,1-2H3,(H,26,28). The maximum absolute atomic E-state index is 13.5. The van der Waals surface area contributed by atoms with Gasteiger partial charge in [0.2, 0.25) is 0 Å². The number of hydrogen-bond donors (Lipinski definition) is 2. The zero-order chi connectivity index (χ0) is 19.9. The van der Waals surface area contributed by atoms with Crippen LogP contribution in [0.25, 0.3) is 10.9 Å². The molecule has 4 rings (SSSR count). The number of hydrogen-bond acceptors (Lipinski definition) is 2. The Morgan fingerprint density at radius 2 is 1.71 bits per heavy atom. The quantitative estimate of drug-likeness (QED) is 0.643. The first-order valence-corrected chi connectivity index (χ1v) is 9.45. The number of halogens is 2. The molecular formula is C22H23F2N3O. The molecule has 0 bridgehead atoms. The lowest BCUT2D eigenvalue weighted by Crippen LogP contribution is -2.37. The van der Waals surface area contributed by atoms with Gasteiger partial charge in [0.15, 0.2) is 11.6 Å². The molecule has 3 aromatic rings. The van der Waals surface area contributed by atoms with Crippen molar-refractivity contribution in [2.24, 2.45) is 5.41 Å². The number of piperidine rings is 1. The third kappa shape index (κ3) is 3.59. The Hall–Kier alpha value is -2.89. The molecule has 4 nitrogen and oxygen atoms in total. The zero-order valence-electron chi connectivity index (χ0n) is 16.0. The fourth-order valence-corrected chi connectivity index (χ4v) is 3.61. The molecule has 146 valence electrons. The fourth-order valence-electron chi connectivity index (χ4n) is 3.61. The van der Waals surface area contributed by atoms with Gasteiger partial charge in [-0.3, -0.25) is 4.79 Å². The number of carbonyl (C=O) groups is 1. The highest BCUT2D eigenvalue weighted by atomic mass is 19.2. The van der Waals surface area contributed by atoms with Gasteiger partial charge in [0.25, 0.3) is 5.91 Å². The summed E-state index contributed by atoms with van der Waals surface area (Å²) in [6, 6.07) is 9.65. The van der Waals surface area contributed by atoms with Gasteiger partial charge in [-0.05, 0) is 48.6 Å². The predicted octanol–water partition coefficient (Wildman–Crippen LogP) is 5.32. The molecule has 28 heavy (non-hydrogen) atoms. The second kappa shape index (κ2) is 6.93. The first kappa shape index (κ1) is 18.5. The number of H-pyrrole nitrogens is 1. The van der Waals surface area contributed by atoms with Crippen LogP contribution in [-0.2, 0) is 0 Å². The summed E-state index contributed by atoms with van der Waals surface area (Å²) in [5.41, 5.74) is 2.85. The van der Waals surface area contributed by atoms with Gasteiger partial charge in [0, 0.05) is 42.0 Å². The number of aromatic amines is 1. The molecule has 0 radical (unpaired) electrons.